The Morgan fingerprint density at radius 1 is 1.06 bits per heavy atom. The highest BCUT2D eigenvalue weighted by atomic mass is 19.4. The van der Waals surface area contributed by atoms with Gasteiger partial charge in [-0.1, -0.05) is 6.07 Å². The Hall–Kier alpha value is -4.52. The Labute approximate surface area is 191 Å². The number of amides is 2. The van der Waals surface area contributed by atoms with Crippen LogP contribution < -0.4 is 4.90 Å². The molecule has 0 unspecified atom stereocenters. The number of carbonyl (C=O) groups excluding carboxylic acids is 1. The highest BCUT2D eigenvalue weighted by Gasteiger charge is 2.37. The molecule has 7 nitrogen and oxygen atoms in total. The molecule has 0 radical (unpaired) electrons. The van der Waals surface area contributed by atoms with Crippen molar-refractivity contribution in [2.45, 2.75) is 12.7 Å². The lowest BCUT2D eigenvalue weighted by Gasteiger charge is -2.35. The van der Waals surface area contributed by atoms with E-state index in [0.717, 1.165) is 6.07 Å². The number of rotatable bonds is 2. The van der Waals surface area contributed by atoms with Crippen molar-refractivity contribution in [2.75, 3.05) is 11.9 Å². The molecule has 1 aliphatic heterocycles. The lowest BCUT2D eigenvalue weighted by atomic mass is 9.98. The summed E-state index contributed by atoms with van der Waals surface area (Å²) in [6.45, 7) is 0.255. The molecular formula is C24H15F3N6O. The summed E-state index contributed by atoms with van der Waals surface area (Å²) in [5.41, 5.74) is 1.35. The number of halogens is 3. The summed E-state index contributed by atoms with van der Waals surface area (Å²) in [4.78, 5) is 28.5. The van der Waals surface area contributed by atoms with Crippen LogP contribution in [0.2, 0.25) is 0 Å². The Kier molecular flexibility index (Phi) is 4.90. The molecule has 2 amide bonds. The predicted molar refractivity (Wildman–Crippen MR) is 118 cm³/mol. The minimum Gasteiger partial charge on any atom is -0.323 e. The molecule has 0 saturated heterocycles. The molecule has 0 N–H and O–H groups in total. The molecule has 0 aliphatic carbocycles. The molecule has 1 aliphatic rings. The van der Waals surface area contributed by atoms with Gasteiger partial charge in [0.15, 0.2) is 0 Å². The molecule has 5 rings (SSSR count). The van der Waals surface area contributed by atoms with Gasteiger partial charge in [-0.2, -0.15) is 18.4 Å². The van der Waals surface area contributed by atoms with Gasteiger partial charge in [0.25, 0.3) is 0 Å². The van der Waals surface area contributed by atoms with Gasteiger partial charge < -0.3 is 4.90 Å². The van der Waals surface area contributed by atoms with Gasteiger partial charge in [-0.3, -0.25) is 14.9 Å². The maximum absolute atomic E-state index is 14.1. The highest BCUT2D eigenvalue weighted by molar-refractivity contribution is 6.08. The number of pyridine rings is 3. The molecule has 0 fully saturated rings. The average Bonchev–Trinajstić information content (AvgIpc) is 2.84. The first-order valence-electron chi connectivity index (χ1n) is 10.1. The van der Waals surface area contributed by atoms with Crippen LogP contribution in [0.5, 0.6) is 0 Å². The van der Waals surface area contributed by atoms with Gasteiger partial charge in [-0.15, -0.1) is 0 Å². The largest absolute Gasteiger partial charge is 0.417 e. The number of nitrogens with zero attached hydrogens (tertiary/aromatic N) is 6. The average molecular weight is 460 g/mol. The van der Waals surface area contributed by atoms with E-state index in [1.807, 2.05) is 6.07 Å². The van der Waals surface area contributed by atoms with Crippen molar-refractivity contribution in [1.82, 2.24) is 19.9 Å². The van der Waals surface area contributed by atoms with Crippen LogP contribution in [-0.2, 0) is 12.7 Å². The zero-order valence-corrected chi connectivity index (χ0v) is 17.7. The summed E-state index contributed by atoms with van der Waals surface area (Å²) in [5, 5.41) is 8.92. The number of nitriles is 1. The number of fused-ring (bicyclic) bond motifs is 3. The molecule has 34 heavy (non-hydrogen) atoms. The number of urea groups is 1. The molecule has 168 valence electrons. The van der Waals surface area contributed by atoms with Gasteiger partial charge in [0.05, 0.1) is 29.0 Å². The van der Waals surface area contributed by atoms with Gasteiger partial charge in [-0.25, -0.2) is 9.78 Å². The molecule has 3 aromatic heterocycles. The summed E-state index contributed by atoms with van der Waals surface area (Å²) >= 11 is 0. The van der Waals surface area contributed by atoms with Crippen molar-refractivity contribution in [3.8, 4) is 17.2 Å². The summed E-state index contributed by atoms with van der Waals surface area (Å²) in [6.07, 6.45) is -0.323. The number of carbonyl (C=O) groups is 1. The first-order valence-corrected chi connectivity index (χ1v) is 10.1. The Balaban J connectivity index is 1.72. The number of benzene rings is 1. The van der Waals surface area contributed by atoms with E-state index in [4.69, 9.17) is 5.26 Å². The highest BCUT2D eigenvalue weighted by Crippen LogP contribution is 2.43. The lowest BCUT2D eigenvalue weighted by molar-refractivity contribution is -0.137. The fraction of sp³-hybridized carbons (Fsp3) is 0.125. The second-order valence-electron chi connectivity index (χ2n) is 7.75. The first kappa shape index (κ1) is 21.3. The predicted octanol–water partition coefficient (Wildman–Crippen LogP) is 5.29. The van der Waals surface area contributed by atoms with E-state index in [1.54, 1.807) is 31.6 Å². The van der Waals surface area contributed by atoms with E-state index in [1.165, 1.54) is 40.3 Å². The number of hydrogen-bond donors (Lipinski definition) is 0. The van der Waals surface area contributed by atoms with Crippen molar-refractivity contribution in [3.63, 3.8) is 0 Å². The summed E-state index contributed by atoms with van der Waals surface area (Å²) < 4.78 is 42.4. The summed E-state index contributed by atoms with van der Waals surface area (Å²) in [5.74, 6) is 0. The van der Waals surface area contributed by atoms with Crippen molar-refractivity contribution in [3.05, 3.63) is 77.9 Å². The molecule has 0 spiro atoms. The molecule has 0 atom stereocenters. The third-order valence-corrected chi connectivity index (χ3v) is 5.58. The van der Waals surface area contributed by atoms with Crippen molar-refractivity contribution >= 4 is 28.4 Å². The Morgan fingerprint density at radius 2 is 1.88 bits per heavy atom. The lowest BCUT2D eigenvalue weighted by Crippen LogP contribution is -2.42. The maximum Gasteiger partial charge on any atom is 0.417 e. The number of anilines is 2. The molecule has 4 heterocycles. The van der Waals surface area contributed by atoms with Gasteiger partial charge in [0.1, 0.15) is 17.3 Å². The zero-order valence-electron chi connectivity index (χ0n) is 17.7. The van der Waals surface area contributed by atoms with Gasteiger partial charge >= 0.3 is 12.2 Å². The quantitative estimate of drug-likeness (QED) is 0.406. The minimum atomic E-state index is -4.70. The van der Waals surface area contributed by atoms with Crippen LogP contribution in [0.15, 0.2) is 61.1 Å². The van der Waals surface area contributed by atoms with Gasteiger partial charge in [-0.05, 0) is 42.0 Å². The fourth-order valence-electron chi connectivity index (χ4n) is 4.02. The van der Waals surface area contributed by atoms with E-state index < -0.39 is 17.8 Å². The van der Waals surface area contributed by atoms with Crippen LogP contribution in [0.25, 0.3) is 22.2 Å². The van der Waals surface area contributed by atoms with E-state index >= 15 is 0 Å². The summed E-state index contributed by atoms with van der Waals surface area (Å²) in [7, 11) is 1.57. The van der Waals surface area contributed by atoms with Crippen LogP contribution >= 0.6 is 0 Å². The topological polar surface area (TPSA) is 86.0 Å². The molecular weight excluding hydrogens is 445 g/mol. The van der Waals surface area contributed by atoms with E-state index in [0.29, 0.717) is 22.3 Å². The van der Waals surface area contributed by atoms with E-state index in [9.17, 15) is 18.0 Å². The van der Waals surface area contributed by atoms with Crippen LogP contribution in [0.1, 0.15) is 16.8 Å². The van der Waals surface area contributed by atoms with Gasteiger partial charge in [0, 0.05) is 36.8 Å². The number of alkyl halides is 3. The second kappa shape index (κ2) is 7.81. The first-order chi connectivity index (χ1) is 16.3. The van der Waals surface area contributed by atoms with Crippen LogP contribution in [0, 0.1) is 11.3 Å². The summed E-state index contributed by atoms with van der Waals surface area (Å²) in [6, 6.07) is 11.3. The second-order valence-corrected chi connectivity index (χ2v) is 7.75. The van der Waals surface area contributed by atoms with Crippen LogP contribution in [0.3, 0.4) is 0 Å². The number of hydrogen-bond acceptors (Lipinski definition) is 5. The van der Waals surface area contributed by atoms with Crippen molar-refractivity contribution < 1.29 is 18.0 Å². The van der Waals surface area contributed by atoms with E-state index in [-0.39, 0.29) is 29.1 Å². The molecule has 4 aromatic rings. The SMILES string of the molecule is CN1Cc2cnc3cccnc3c2N(c2ccc(-c3ccc(C#N)nc3)c(C(F)(F)F)c2)C1=O. The van der Waals surface area contributed by atoms with Crippen molar-refractivity contribution in [2.24, 2.45) is 0 Å². The monoisotopic (exact) mass is 460 g/mol. The Bertz CT molecular complexity index is 1480. The standard InChI is InChI=1S/C24H15F3N6O/c1-32-13-15-12-31-20-3-2-8-29-21(20)22(15)33(23(32)34)17-6-7-18(19(9-17)24(25,26)27)14-4-5-16(10-28)30-11-14/h2-9,11-12H,13H2,1H3. The number of aromatic nitrogens is 3. The molecule has 10 heteroatoms. The smallest absolute Gasteiger partial charge is 0.323 e. The normalized spacial score (nSPS) is 13.7. The van der Waals surface area contributed by atoms with Crippen LogP contribution in [-0.4, -0.2) is 32.9 Å². The third-order valence-electron chi connectivity index (χ3n) is 5.58. The maximum atomic E-state index is 14.1. The van der Waals surface area contributed by atoms with Crippen LogP contribution in [0.4, 0.5) is 29.3 Å². The molecule has 0 bridgehead atoms. The Morgan fingerprint density at radius 3 is 2.59 bits per heavy atom. The van der Waals surface area contributed by atoms with Gasteiger partial charge in [0.2, 0.25) is 0 Å². The minimum absolute atomic E-state index is 0.0497. The molecule has 0 saturated carbocycles. The fourth-order valence-corrected chi connectivity index (χ4v) is 4.02. The zero-order chi connectivity index (χ0) is 24.0. The van der Waals surface area contributed by atoms with E-state index in [2.05, 4.69) is 15.0 Å². The molecule has 1 aromatic carbocycles. The third kappa shape index (κ3) is 3.47. The van der Waals surface area contributed by atoms with Crippen molar-refractivity contribution in [1.29, 1.82) is 5.26 Å².